The van der Waals surface area contributed by atoms with E-state index in [1.807, 2.05) is 0 Å². The van der Waals surface area contributed by atoms with Gasteiger partial charge in [0.2, 0.25) is 0 Å². The smallest absolute Gasteiger partial charge is 0.251 e. The lowest BCUT2D eigenvalue weighted by molar-refractivity contribution is 0.0956. The van der Waals surface area contributed by atoms with E-state index in [0.717, 1.165) is 5.57 Å². The molecule has 0 bridgehead atoms. The number of amides is 1. The Hall–Kier alpha value is -1.84. The molecule has 0 atom stereocenters. The van der Waals surface area contributed by atoms with Crippen molar-refractivity contribution in [3.63, 3.8) is 0 Å². The molecular weight excluding hydrogens is 207 g/mol. The molecule has 3 N–H and O–H groups in total. The summed E-state index contributed by atoms with van der Waals surface area (Å²) >= 11 is 0. The number of benzene rings is 1. The second kappa shape index (κ2) is 4.79. The van der Waals surface area contributed by atoms with Crippen LogP contribution in [0.2, 0.25) is 0 Å². The van der Waals surface area contributed by atoms with Crippen LogP contribution in [0.15, 0.2) is 24.3 Å². The van der Waals surface area contributed by atoms with Crippen molar-refractivity contribution < 1.29 is 9.18 Å². The van der Waals surface area contributed by atoms with E-state index in [-0.39, 0.29) is 17.2 Å². The third-order valence-corrected chi connectivity index (χ3v) is 2.20. The van der Waals surface area contributed by atoms with Gasteiger partial charge in [0.05, 0.1) is 0 Å². The summed E-state index contributed by atoms with van der Waals surface area (Å²) in [6.07, 6.45) is 0. The van der Waals surface area contributed by atoms with Crippen LogP contribution >= 0.6 is 0 Å². The Kier molecular flexibility index (Phi) is 3.66. The largest absolute Gasteiger partial charge is 0.398 e. The van der Waals surface area contributed by atoms with Gasteiger partial charge < -0.3 is 11.1 Å². The van der Waals surface area contributed by atoms with E-state index in [1.165, 1.54) is 12.1 Å². The molecule has 16 heavy (non-hydrogen) atoms. The molecular formula is C12H15FN2O. The maximum atomic E-state index is 13.3. The Morgan fingerprint density at radius 2 is 2.19 bits per heavy atom. The molecule has 86 valence electrons. The van der Waals surface area contributed by atoms with Crippen molar-refractivity contribution in [1.29, 1.82) is 0 Å². The van der Waals surface area contributed by atoms with Gasteiger partial charge in [0.1, 0.15) is 5.82 Å². The molecule has 3 nitrogen and oxygen atoms in total. The lowest BCUT2D eigenvalue weighted by Crippen LogP contribution is -2.25. The average Bonchev–Trinajstić information content (AvgIpc) is 2.21. The first-order chi connectivity index (χ1) is 7.41. The number of hydrogen-bond acceptors (Lipinski definition) is 2. The second-order valence-electron chi connectivity index (χ2n) is 3.81. The van der Waals surface area contributed by atoms with Gasteiger partial charge >= 0.3 is 0 Å². The third-order valence-electron chi connectivity index (χ3n) is 2.20. The van der Waals surface area contributed by atoms with Crippen LogP contribution in [0.5, 0.6) is 0 Å². The van der Waals surface area contributed by atoms with Crippen molar-refractivity contribution in [2.75, 3.05) is 12.3 Å². The minimum atomic E-state index is -0.472. The predicted molar refractivity (Wildman–Crippen MR) is 62.7 cm³/mol. The SMILES string of the molecule is C=C(C)CNC(=O)c1cc(N)c(C)c(F)c1. The number of nitrogen functional groups attached to an aromatic ring is 1. The maximum absolute atomic E-state index is 13.3. The number of nitrogens with one attached hydrogen (secondary N) is 1. The molecule has 0 aromatic heterocycles. The highest BCUT2D eigenvalue weighted by Crippen LogP contribution is 2.17. The van der Waals surface area contributed by atoms with Crippen LogP contribution in [0, 0.1) is 12.7 Å². The monoisotopic (exact) mass is 222 g/mol. The molecule has 1 rings (SSSR count). The van der Waals surface area contributed by atoms with E-state index in [4.69, 9.17) is 5.73 Å². The van der Waals surface area contributed by atoms with Gasteiger partial charge in [0.25, 0.3) is 5.91 Å². The number of anilines is 1. The highest BCUT2D eigenvalue weighted by atomic mass is 19.1. The van der Waals surface area contributed by atoms with E-state index < -0.39 is 5.82 Å². The quantitative estimate of drug-likeness (QED) is 0.607. The highest BCUT2D eigenvalue weighted by Gasteiger charge is 2.10. The molecule has 1 amide bonds. The van der Waals surface area contributed by atoms with Crippen molar-refractivity contribution >= 4 is 11.6 Å². The van der Waals surface area contributed by atoms with E-state index >= 15 is 0 Å². The third kappa shape index (κ3) is 2.82. The fourth-order valence-electron chi connectivity index (χ4n) is 1.16. The van der Waals surface area contributed by atoms with Gasteiger partial charge in [0.15, 0.2) is 0 Å². The lowest BCUT2D eigenvalue weighted by Gasteiger charge is -2.07. The summed E-state index contributed by atoms with van der Waals surface area (Å²) in [6.45, 7) is 7.39. The summed E-state index contributed by atoms with van der Waals surface area (Å²) in [7, 11) is 0. The summed E-state index contributed by atoms with van der Waals surface area (Å²) in [5.74, 6) is -0.825. The van der Waals surface area contributed by atoms with Crippen LogP contribution in [-0.4, -0.2) is 12.5 Å². The Bertz CT molecular complexity index is 418. The average molecular weight is 222 g/mol. The van der Waals surface area contributed by atoms with Gasteiger partial charge in [-0.25, -0.2) is 4.39 Å². The topological polar surface area (TPSA) is 55.1 Å². The molecule has 0 saturated heterocycles. The molecule has 0 saturated carbocycles. The van der Waals surface area contributed by atoms with Crippen LogP contribution in [0.3, 0.4) is 0 Å². The summed E-state index contributed by atoms with van der Waals surface area (Å²) in [5, 5.41) is 2.61. The first kappa shape index (κ1) is 12.2. The lowest BCUT2D eigenvalue weighted by atomic mass is 10.1. The van der Waals surface area contributed by atoms with Crippen LogP contribution in [0.25, 0.3) is 0 Å². The van der Waals surface area contributed by atoms with Crippen LogP contribution in [-0.2, 0) is 0 Å². The number of nitrogens with two attached hydrogens (primary N) is 1. The number of carbonyl (C=O) groups is 1. The van der Waals surface area contributed by atoms with Gasteiger partial charge in [-0.1, -0.05) is 12.2 Å². The molecule has 1 aromatic carbocycles. The predicted octanol–water partition coefficient (Wildman–Crippen LogP) is 2.02. The van der Waals surface area contributed by atoms with Gasteiger partial charge in [-0.15, -0.1) is 0 Å². The highest BCUT2D eigenvalue weighted by molar-refractivity contribution is 5.95. The number of rotatable bonds is 3. The molecule has 4 heteroatoms. The Balaban J connectivity index is 2.88. The molecule has 0 spiro atoms. The zero-order valence-electron chi connectivity index (χ0n) is 9.43. The fourth-order valence-corrected chi connectivity index (χ4v) is 1.16. The summed E-state index contributed by atoms with van der Waals surface area (Å²) in [5.41, 5.74) is 7.27. The van der Waals surface area contributed by atoms with Crippen LogP contribution in [0.1, 0.15) is 22.8 Å². The van der Waals surface area contributed by atoms with Crippen molar-refractivity contribution in [2.45, 2.75) is 13.8 Å². The minimum Gasteiger partial charge on any atom is -0.398 e. The minimum absolute atomic E-state index is 0.224. The van der Waals surface area contributed by atoms with Crippen molar-refractivity contribution in [3.8, 4) is 0 Å². The first-order valence-electron chi connectivity index (χ1n) is 4.90. The van der Waals surface area contributed by atoms with E-state index in [0.29, 0.717) is 12.1 Å². The summed E-state index contributed by atoms with van der Waals surface area (Å²) in [4.78, 5) is 11.6. The van der Waals surface area contributed by atoms with Crippen molar-refractivity contribution in [3.05, 3.63) is 41.2 Å². The van der Waals surface area contributed by atoms with E-state index in [1.54, 1.807) is 13.8 Å². The maximum Gasteiger partial charge on any atom is 0.251 e. The molecule has 0 radical (unpaired) electrons. The fraction of sp³-hybridized carbons (Fsp3) is 0.250. The molecule has 0 aliphatic heterocycles. The Morgan fingerprint density at radius 1 is 1.56 bits per heavy atom. The standard InChI is InChI=1S/C12H15FN2O/c1-7(2)6-15-12(16)9-4-10(13)8(3)11(14)5-9/h4-5H,1,6,14H2,2-3H3,(H,15,16). The molecule has 0 aliphatic rings. The van der Waals surface area contributed by atoms with Crippen LogP contribution in [0.4, 0.5) is 10.1 Å². The molecule has 0 unspecified atom stereocenters. The van der Waals surface area contributed by atoms with Gasteiger partial charge in [-0.3, -0.25) is 4.79 Å². The van der Waals surface area contributed by atoms with Crippen molar-refractivity contribution in [2.24, 2.45) is 0 Å². The van der Waals surface area contributed by atoms with E-state index in [2.05, 4.69) is 11.9 Å². The number of carbonyl (C=O) groups excluding carboxylic acids is 1. The molecule has 0 aliphatic carbocycles. The van der Waals surface area contributed by atoms with Gasteiger partial charge in [-0.05, 0) is 26.0 Å². The molecule has 0 fully saturated rings. The summed E-state index contributed by atoms with van der Waals surface area (Å²) < 4.78 is 13.3. The van der Waals surface area contributed by atoms with Crippen LogP contribution < -0.4 is 11.1 Å². The zero-order valence-corrected chi connectivity index (χ0v) is 9.43. The van der Waals surface area contributed by atoms with E-state index in [9.17, 15) is 9.18 Å². The molecule has 0 heterocycles. The zero-order chi connectivity index (χ0) is 12.3. The number of halogens is 1. The Morgan fingerprint density at radius 3 is 2.69 bits per heavy atom. The van der Waals surface area contributed by atoms with Gasteiger partial charge in [-0.2, -0.15) is 0 Å². The summed E-state index contributed by atoms with van der Waals surface area (Å²) in [6, 6.07) is 2.64. The second-order valence-corrected chi connectivity index (χ2v) is 3.81. The van der Waals surface area contributed by atoms with Crippen molar-refractivity contribution in [1.82, 2.24) is 5.32 Å². The first-order valence-corrected chi connectivity index (χ1v) is 4.90. The Labute approximate surface area is 94.1 Å². The number of hydrogen-bond donors (Lipinski definition) is 2. The normalized spacial score (nSPS) is 9.94. The molecule has 1 aromatic rings. The van der Waals surface area contributed by atoms with Gasteiger partial charge in [0, 0.05) is 23.4 Å².